The Hall–Kier alpha value is -2.23. The molecule has 120 valence electrons. The molecule has 1 heterocycles. The van der Waals surface area contributed by atoms with Crippen molar-refractivity contribution < 1.29 is 45.6 Å². The second-order valence-electron chi connectivity index (χ2n) is 4.08. The van der Waals surface area contributed by atoms with Gasteiger partial charge in [0.15, 0.2) is 0 Å². The number of fused-ring (bicyclic) bond motifs is 1. The van der Waals surface area contributed by atoms with Gasteiger partial charge in [-0.1, -0.05) is 23.1 Å². The molecule has 0 saturated carbocycles. The maximum atomic E-state index is 12.9. The Labute approximate surface area is 118 Å². The number of hydrogen-bond acceptors (Lipinski definition) is 4. The molecule has 22 heavy (non-hydrogen) atoms. The highest BCUT2D eigenvalue weighted by Gasteiger charge is 2.49. The maximum Gasteiger partial charge on any atom is 0.558 e. The van der Waals surface area contributed by atoms with Crippen LogP contribution < -0.4 is 4.74 Å². The smallest absolute Gasteiger partial charge is 0.475 e. The lowest BCUT2D eigenvalue weighted by Gasteiger charge is -2.27. The van der Waals surface area contributed by atoms with Crippen molar-refractivity contribution in [1.29, 1.82) is 0 Å². The minimum Gasteiger partial charge on any atom is -0.475 e. The fourth-order valence-corrected chi connectivity index (χ4v) is 1.68. The van der Waals surface area contributed by atoms with Crippen LogP contribution in [0.5, 0.6) is 5.75 Å². The second-order valence-corrected chi connectivity index (χ2v) is 4.08. The van der Waals surface area contributed by atoms with Gasteiger partial charge in [0.25, 0.3) is 0 Å². The summed E-state index contributed by atoms with van der Waals surface area (Å²) in [5.74, 6) is -2.12. The Bertz CT molecular complexity index is 604. The average Bonchev–Trinajstić information content (AvgIpc) is 2.41. The first-order valence-corrected chi connectivity index (χ1v) is 5.58. The Morgan fingerprint density at radius 3 is 2.32 bits per heavy atom. The zero-order chi connectivity index (χ0) is 16.5. The number of para-hydroxylation sites is 1. The van der Waals surface area contributed by atoms with Gasteiger partial charge in [0.1, 0.15) is 5.75 Å². The molecule has 0 N–H and O–H groups in total. The van der Waals surface area contributed by atoms with Crippen LogP contribution >= 0.6 is 0 Å². The highest BCUT2D eigenvalue weighted by Crippen LogP contribution is 2.37. The quantitative estimate of drug-likeness (QED) is 0.474. The lowest BCUT2D eigenvalue weighted by atomic mass is 10.0. The molecule has 0 saturated heterocycles. The van der Waals surface area contributed by atoms with E-state index >= 15 is 0 Å². The molecule has 0 bridgehead atoms. The summed E-state index contributed by atoms with van der Waals surface area (Å²) in [6, 6.07) is 5.39. The molecule has 0 aromatic heterocycles. The van der Waals surface area contributed by atoms with E-state index in [0.29, 0.717) is 0 Å². The number of carbonyl (C=O) groups is 1. The van der Waals surface area contributed by atoms with E-state index in [0.717, 1.165) is 6.08 Å². The Kier molecular flexibility index (Phi) is 4.05. The zero-order valence-corrected chi connectivity index (χ0v) is 10.4. The van der Waals surface area contributed by atoms with Crippen molar-refractivity contribution in [3.8, 4) is 5.75 Å². The van der Waals surface area contributed by atoms with Crippen molar-refractivity contribution in [2.24, 2.45) is 0 Å². The van der Waals surface area contributed by atoms with Gasteiger partial charge in [-0.3, -0.25) is 4.89 Å². The first kappa shape index (κ1) is 16.1. The summed E-state index contributed by atoms with van der Waals surface area (Å²) in [5.41, 5.74) is -1.07. The van der Waals surface area contributed by atoms with Crippen LogP contribution in [0.1, 0.15) is 5.56 Å². The lowest BCUT2D eigenvalue weighted by molar-refractivity contribution is -0.461. The molecule has 1 aromatic rings. The van der Waals surface area contributed by atoms with E-state index in [2.05, 4.69) is 14.5 Å². The molecule has 10 heteroatoms. The van der Waals surface area contributed by atoms with Crippen molar-refractivity contribution in [1.82, 2.24) is 0 Å². The van der Waals surface area contributed by atoms with Crippen LogP contribution in [0.2, 0.25) is 0 Å². The van der Waals surface area contributed by atoms with Gasteiger partial charge in [-0.05, 0) is 12.1 Å². The number of alkyl halides is 6. The van der Waals surface area contributed by atoms with Crippen LogP contribution in [0.3, 0.4) is 0 Å². The van der Waals surface area contributed by atoms with E-state index in [1.54, 1.807) is 0 Å². The highest BCUT2D eigenvalue weighted by atomic mass is 19.4. The SMILES string of the molecule is O=C(OOC(F)(F)F)C1=Cc2ccccc2OC1C(F)(F)F. The first-order chi connectivity index (χ1) is 10.1. The van der Waals surface area contributed by atoms with Crippen molar-refractivity contribution in [3.05, 3.63) is 35.4 Å². The molecular formula is C12H6F6O4. The summed E-state index contributed by atoms with van der Waals surface area (Å²) < 4.78 is 78.6. The summed E-state index contributed by atoms with van der Waals surface area (Å²) in [6.45, 7) is 0. The zero-order valence-electron chi connectivity index (χ0n) is 10.4. The van der Waals surface area contributed by atoms with Crippen LogP contribution in [-0.2, 0) is 14.6 Å². The van der Waals surface area contributed by atoms with Crippen molar-refractivity contribution in [2.75, 3.05) is 0 Å². The molecule has 2 rings (SSSR count). The molecule has 0 fully saturated rings. The van der Waals surface area contributed by atoms with Gasteiger partial charge in [-0.2, -0.15) is 13.2 Å². The van der Waals surface area contributed by atoms with Crippen LogP contribution in [0, 0.1) is 0 Å². The van der Waals surface area contributed by atoms with Gasteiger partial charge in [-0.15, -0.1) is 13.2 Å². The third-order valence-corrected chi connectivity index (χ3v) is 2.50. The summed E-state index contributed by atoms with van der Waals surface area (Å²) in [5, 5.41) is 0. The van der Waals surface area contributed by atoms with Crippen molar-refractivity contribution >= 4 is 12.0 Å². The monoisotopic (exact) mass is 328 g/mol. The normalized spacial score (nSPS) is 18.1. The predicted molar refractivity (Wildman–Crippen MR) is 58.1 cm³/mol. The third-order valence-electron chi connectivity index (χ3n) is 2.50. The molecular weight excluding hydrogens is 322 g/mol. The first-order valence-electron chi connectivity index (χ1n) is 5.58. The molecule has 0 aliphatic carbocycles. The van der Waals surface area contributed by atoms with E-state index in [1.807, 2.05) is 0 Å². The van der Waals surface area contributed by atoms with Gasteiger partial charge < -0.3 is 4.74 Å². The third kappa shape index (κ3) is 3.70. The number of benzene rings is 1. The molecule has 0 radical (unpaired) electrons. The fraction of sp³-hybridized carbons (Fsp3) is 0.250. The molecule has 1 aliphatic heterocycles. The molecule has 1 aromatic carbocycles. The van der Waals surface area contributed by atoms with Crippen LogP contribution in [-0.4, -0.2) is 24.6 Å². The predicted octanol–water partition coefficient (Wildman–Crippen LogP) is 3.39. The standard InChI is InChI=1S/C12H6F6O4/c13-11(14,15)9-7(10(19)21-22-12(16,17)18)5-6-3-1-2-4-8(6)20-9/h1-5,9H. The minimum absolute atomic E-state index is 0.0851. The van der Waals surface area contributed by atoms with E-state index in [1.165, 1.54) is 24.3 Å². The van der Waals surface area contributed by atoms with E-state index in [4.69, 9.17) is 0 Å². The summed E-state index contributed by atoms with van der Waals surface area (Å²) in [7, 11) is 0. The summed E-state index contributed by atoms with van der Waals surface area (Å²) >= 11 is 0. The van der Waals surface area contributed by atoms with E-state index < -0.39 is 30.2 Å². The fourth-order valence-electron chi connectivity index (χ4n) is 1.68. The maximum absolute atomic E-state index is 12.9. The number of carbonyl (C=O) groups excluding carboxylic acids is 1. The largest absolute Gasteiger partial charge is 0.558 e. The number of rotatable bonds is 2. The van der Waals surface area contributed by atoms with Gasteiger partial charge in [-0.25, -0.2) is 4.79 Å². The Morgan fingerprint density at radius 2 is 1.73 bits per heavy atom. The van der Waals surface area contributed by atoms with Crippen LogP contribution in [0.15, 0.2) is 29.8 Å². The minimum atomic E-state index is -5.34. The number of hydrogen-bond donors (Lipinski definition) is 0. The molecule has 1 atom stereocenters. The molecule has 1 unspecified atom stereocenters. The topological polar surface area (TPSA) is 44.8 Å². The van der Waals surface area contributed by atoms with Gasteiger partial charge in [0.2, 0.25) is 6.10 Å². The molecule has 0 spiro atoms. The van der Waals surface area contributed by atoms with Crippen molar-refractivity contribution in [3.63, 3.8) is 0 Å². The van der Waals surface area contributed by atoms with E-state index in [-0.39, 0.29) is 11.3 Å². The lowest BCUT2D eigenvalue weighted by Crippen LogP contribution is -2.41. The van der Waals surface area contributed by atoms with Crippen molar-refractivity contribution in [2.45, 2.75) is 18.6 Å². The van der Waals surface area contributed by atoms with Gasteiger partial charge in [0.05, 0.1) is 5.57 Å². The van der Waals surface area contributed by atoms with Crippen LogP contribution in [0.25, 0.3) is 6.08 Å². The van der Waals surface area contributed by atoms with Gasteiger partial charge in [0, 0.05) is 5.56 Å². The summed E-state index contributed by atoms with van der Waals surface area (Å²) in [6.07, 6.45) is -12.4. The summed E-state index contributed by atoms with van der Waals surface area (Å²) in [4.78, 5) is 17.6. The van der Waals surface area contributed by atoms with Crippen LogP contribution in [0.4, 0.5) is 26.3 Å². The van der Waals surface area contributed by atoms with Gasteiger partial charge >= 0.3 is 18.5 Å². The Morgan fingerprint density at radius 1 is 1.09 bits per heavy atom. The number of halogens is 6. The highest BCUT2D eigenvalue weighted by molar-refractivity contribution is 5.96. The molecule has 1 aliphatic rings. The average molecular weight is 328 g/mol. The Balaban J connectivity index is 2.32. The van der Waals surface area contributed by atoms with E-state index in [9.17, 15) is 31.1 Å². The molecule has 0 amide bonds. The number of ether oxygens (including phenoxy) is 1. The molecule has 4 nitrogen and oxygen atoms in total. The second kappa shape index (κ2) is 5.52.